The Morgan fingerprint density at radius 2 is 1.71 bits per heavy atom. The number of rotatable bonds is 3. The van der Waals surface area contributed by atoms with Crippen molar-refractivity contribution >= 4 is 23.7 Å². The predicted octanol–water partition coefficient (Wildman–Crippen LogP) is 2.90. The predicted molar refractivity (Wildman–Crippen MR) is 85.6 cm³/mol. The first kappa shape index (κ1) is 14.1. The van der Waals surface area contributed by atoms with Gasteiger partial charge in [-0.15, -0.1) is 0 Å². The molecule has 1 aromatic carbocycles. The molecule has 110 valence electrons. The minimum Gasteiger partial charge on any atom is -0.368 e. The first-order valence-corrected chi connectivity index (χ1v) is 8.03. The molecule has 3 rings (SSSR count). The summed E-state index contributed by atoms with van der Waals surface area (Å²) < 4.78 is 0. The lowest BCUT2D eigenvalue weighted by molar-refractivity contribution is 0.565. The number of aromatic nitrogens is 3. The minimum absolute atomic E-state index is 0.292. The van der Waals surface area contributed by atoms with E-state index in [0.717, 1.165) is 18.0 Å². The van der Waals surface area contributed by atoms with Crippen LogP contribution in [0.5, 0.6) is 0 Å². The monoisotopic (exact) mass is 301 g/mol. The lowest BCUT2D eigenvalue weighted by Crippen LogP contribution is -2.31. The molecule has 5 nitrogen and oxygen atoms in total. The quantitative estimate of drug-likeness (QED) is 0.940. The molecule has 0 amide bonds. The highest BCUT2D eigenvalue weighted by atomic mass is 32.2. The van der Waals surface area contributed by atoms with E-state index in [4.69, 9.17) is 5.73 Å². The van der Waals surface area contributed by atoms with Gasteiger partial charge in [-0.05, 0) is 50.1 Å². The Morgan fingerprint density at radius 3 is 2.43 bits per heavy atom. The van der Waals surface area contributed by atoms with E-state index >= 15 is 0 Å². The summed E-state index contributed by atoms with van der Waals surface area (Å²) in [6, 6.07) is 8.30. The average molecular weight is 301 g/mol. The molecule has 1 aliphatic heterocycles. The molecule has 2 N–H and O–H groups in total. The Labute approximate surface area is 129 Å². The van der Waals surface area contributed by atoms with Crippen molar-refractivity contribution in [3.8, 4) is 0 Å². The maximum atomic E-state index is 5.84. The number of hydrogen-bond donors (Lipinski definition) is 1. The van der Waals surface area contributed by atoms with Crippen molar-refractivity contribution in [3.63, 3.8) is 0 Å². The normalized spacial score (nSPS) is 15.2. The smallest absolute Gasteiger partial charge is 0.231 e. The number of aryl methyl sites for hydroxylation is 1. The van der Waals surface area contributed by atoms with Crippen LogP contribution in [0.2, 0.25) is 0 Å². The molecule has 0 unspecified atom stereocenters. The van der Waals surface area contributed by atoms with Crippen LogP contribution in [0.3, 0.4) is 0 Å². The molecule has 1 saturated heterocycles. The second-order valence-electron chi connectivity index (χ2n) is 5.24. The number of nitrogens with two attached hydrogens (primary N) is 1. The average Bonchev–Trinajstić information content (AvgIpc) is 2.50. The van der Waals surface area contributed by atoms with Gasteiger partial charge in [0.2, 0.25) is 11.9 Å². The third-order valence-electron chi connectivity index (χ3n) is 3.49. The molecule has 0 spiro atoms. The summed E-state index contributed by atoms with van der Waals surface area (Å²) in [5.41, 5.74) is 7.08. The molecule has 2 aromatic rings. The molecule has 2 heterocycles. The fourth-order valence-electron chi connectivity index (χ4n) is 2.35. The third kappa shape index (κ3) is 3.64. The highest BCUT2D eigenvalue weighted by Gasteiger charge is 2.15. The first-order chi connectivity index (χ1) is 10.2. The van der Waals surface area contributed by atoms with Crippen LogP contribution < -0.4 is 10.6 Å². The molecule has 0 aliphatic carbocycles. The summed E-state index contributed by atoms with van der Waals surface area (Å²) in [4.78, 5) is 16.4. The number of hydrogen-bond acceptors (Lipinski definition) is 6. The van der Waals surface area contributed by atoms with Crippen molar-refractivity contribution in [2.24, 2.45) is 0 Å². The standard InChI is InChI=1S/C15H19N5S/c1-11-5-7-12(8-6-11)21-15-18-13(16)17-14(19-15)20-9-3-2-4-10-20/h5-8H,2-4,9-10H2,1H3,(H2,16,17,18,19). The van der Waals surface area contributed by atoms with Crippen LogP contribution in [0.15, 0.2) is 34.3 Å². The van der Waals surface area contributed by atoms with Gasteiger partial charge in [0.05, 0.1) is 0 Å². The Hall–Kier alpha value is -1.82. The van der Waals surface area contributed by atoms with Gasteiger partial charge in [-0.1, -0.05) is 17.7 Å². The second-order valence-corrected chi connectivity index (χ2v) is 6.28. The van der Waals surface area contributed by atoms with Crippen LogP contribution in [0, 0.1) is 6.92 Å². The Kier molecular flexibility index (Phi) is 4.24. The van der Waals surface area contributed by atoms with Gasteiger partial charge < -0.3 is 10.6 Å². The van der Waals surface area contributed by atoms with E-state index in [2.05, 4.69) is 51.0 Å². The van der Waals surface area contributed by atoms with E-state index in [1.807, 2.05) is 0 Å². The topological polar surface area (TPSA) is 67.9 Å². The zero-order chi connectivity index (χ0) is 14.7. The van der Waals surface area contributed by atoms with E-state index in [9.17, 15) is 0 Å². The summed E-state index contributed by atoms with van der Waals surface area (Å²) >= 11 is 1.52. The zero-order valence-electron chi connectivity index (χ0n) is 12.1. The first-order valence-electron chi connectivity index (χ1n) is 7.22. The van der Waals surface area contributed by atoms with Crippen LogP contribution in [0.25, 0.3) is 0 Å². The highest BCUT2D eigenvalue weighted by molar-refractivity contribution is 7.99. The fraction of sp³-hybridized carbons (Fsp3) is 0.400. The molecule has 1 aliphatic rings. The summed E-state index contributed by atoms with van der Waals surface area (Å²) in [5, 5.41) is 0.659. The summed E-state index contributed by atoms with van der Waals surface area (Å²) in [6.45, 7) is 4.07. The maximum absolute atomic E-state index is 5.84. The van der Waals surface area contributed by atoms with Crippen LogP contribution >= 0.6 is 11.8 Å². The van der Waals surface area contributed by atoms with Crippen LogP contribution in [-0.4, -0.2) is 28.0 Å². The van der Waals surface area contributed by atoms with Gasteiger partial charge in [-0.3, -0.25) is 0 Å². The molecular weight excluding hydrogens is 282 g/mol. The van der Waals surface area contributed by atoms with Crippen molar-refractivity contribution in [2.45, 2.75) is 36.2 Å². The lowest BCUT2D eigenvalue weighted by atomic mass is 10.1. The maximum Gasteiger partial charge on any atom is 0.231 e. The van der Waals surface area contributed by atoms with Gasteiger partial charge in [-0.2, -0.15) is 15.0 Å². The Morgan fingerprint density at radius 1 is 1.00 bits per heavy atom. The fourth-order valence-corrected chi connectivity index (χ4v) is 3.10. The van der Waals surface area contributed by atoms with E-state index in [1.54, 1.807) is 0 Å². The van der Waals surface area contributed by atoms with Crippen molar-refractivity contribution in [2.75, 3.05) is 23.7 Å². The van der Waals surface area contributed by atoms with E-state index in [-0.39, 0.29) is 0 Å². The minimum atomic E-state index is 0.292. The SMILES string of the molecule is Cc1ccc(Sc2nc(N)nc(N3CCCCC3)n2)cc1. The molecule has 0 bridgehead atoms. The number of nitrogens with zero attached hydrogens (tertiary/aromatic N) is 4. The second kappa shape index (κ2) is 6.30. The molecule has 0 saturated carbocycles. The number of piperidine rings is 1. The molecule has 0 radical (unpaired) electrons. The van der Waals surface area contributed by atoms with Gasteiger partial charge in [0, 0.05) is 18.0 Å². The van der Waals surface area contributed by atoms with Crippen LogP contribution in [-0.2, 0) is 0 Å². The van der Waals surface area contributed by atoms with Gasteiger partial charge in [0.1, 0.15) is 0 Å². The van der Waals surface area contributed by atoms with Crippen molar-refractivity contribution in [1.82, 2.24) is 15.0 Å². The van der Waals surface area contributed by atoms with Crippen LogP contribution in [0.4, 0.5) is 11.9 Å². The van der Waals surface area contributed by atoms with Crippen LogP contribution in [0.1, 0.15) is 24.8 Å². The third-order valence-corrected chi connectivity index (χ3v) is 4.36. The van der Waals surface area contributed by atoms with Gasteiger partial charge in [0.15, 0.2) is 5.16 Å². The van der Waals surface area contributed by atoms with Crippen molar-refractivity contribution in [3.05, 3.63) is 29.8 Å². The largest absolute Gasteiger partial charge is 0.368 e. The zero-order valence-corrected chi connectivity index (χ0v) is 12.9. The summed E-state index contributed by atoms with van der Waals surface area (Å²) in [5.74, 6) is 0.997. The summed E-state index contributed by atoms with van der Waals surface area (Å²) in [6.07, 6.45) is 3.65. The lowest BCUT2D eigenvalue weighted by Gasteiger charge is -2.26. The van der Waals surface area contributed by atoms with Gasteiger partial charge in [-0.25, -0.2) is 0 Å². The number of nitrogen functional groups attached to an aromatic ring is 1. The molecule has 1 fully saturated rings. The van der Waals surface area contributed by atoms with E-state index in [0.29, 0.717) is 17.1 Å². The molecule has 21 heavy (non-hydrogen) atoms. The number of benzene rings is 1. The molecular formula is C15H19N5S. The Bertz CT molecular complexity index is 608. The molecule has 1 aromatic heterocycles. The van der Waals surface area contributed by atoms with Gasteiger partial charge >= 0.3 is 0 Å². The molecule has 0 atom stereocenters. The highest BCUT2D eigenvalue weighted by Crippen LogP contribution is 2.27. The van der Waals surface area contributed by atoms with E-state index < -0.39 is 0 Å². The number of anilines is 2. The van der Waals surface area contributed by atoms with Crippen molar-refractivity contribution in [1.29, 1.82) is 0 Å². The van der Waals surface area contributed by atoms with E-state index in [1.165, 1.54) is 36.6 Å². The summed E-state index contributed by atoms with van der Waals surface area (Å²) in [7, 11) is 0. The van der Waals surface area contributed by atoms with Gasteiger partial charge in [0.25, 0.3) is 0 Å². The Balaban J connectivity index is 1.81. The van der Waals surface area contributed by atoms with Crippen molar-refractivity contribution < 1.29 is 0 Å². The molecule has 6 heteroatoms.